The van der Waals surface area contributed by atoms with Crippen LogP contribution in [0.15, 0.2) is 36.5 Å². The van der Waals surface area contributed by atoms with Crippen LogP contribution in [0, 0.1) is 0 Å². The highest BCUT2D eigenvalue weighted by atomic mass is 16.3. The van der Waals surface area contributed by atoms with Crippen molar-refractivity contribution in [2.45, 2.75) is 50.7 Å². The Labute approximate surface area is 126 Å². The number of para-hydroxylation sites is 1. The van der Waals surface area contributed by atoms with E-state index in [4.69, 9.17) is 0 Å². The van der Waals surface area contributed by atoms with Crippen LogP contribution >= 0.6 is 0 Å². The van der Waals surface area contributed by atoms with E-state index in [0.29, 0.717) is 12.5 Å². The van der Waals surface area contributed by atoms with Crippen LogP contribution in [0.1, 0.15) is 38.2 Å². The molecule has 3 heteroatoms. The van der Waals surface area contributed by atoms with Crippen LogP contribution in [0.3, 0.4) is 0 Å². The molecular formula is C18H24N2O. The summed E-state index contributed by atoms with van der Waals surface area (Å²) < 4.78 is 0. The Hall–Kier alpha value is -1.45. The summed E-state index contributed by atoms with van der Waals surface area (Å²) in [6.07, 6.45) is 7.03. The zero-order chi connectivity index (χ0) is 14.7. The van der Waals surface area contributed by atoms with Crippen LogP contribution in [0.2, 0.25) is 0 Å². The number of fused-ring (bicyclic) bond motifs is 1. The molecule has 1 aliphatic heterocycles. The maximum atomic E-state index is 10.8. The van der Waals surface area contributed by atoms with Gasteiger partial charge in [-0.25, -0.2) is 0 Å². The molecule has 2 aromatic rings. The van der Waals surface area contributed by atoms with Gasteiger partial charge >= 0.3 is 0 Å². The van der Waals surface area contributed by atoms with Gasteiger partial charge < -0.3 is 10.4 Å². The highest BCUT2D eigenvalue weighted by molar-refractivity contribution is 5.81. The minimum absolute atomic E-state index is 0.446. The molecule has 2 heterocycles. The summed E-state index contributed by atoms with van der Waals surface area (Å²) in [7, 11) is 0. The summed E-state index contributed by atoms with van der Waals surface area (Å²) in [5, 5.41) is 15.5. The largest absolute Gasteiger partial charge is 0.390 e. The average molecular weight is 284 g/mol. The Kier molecular flexibility index (Phi) is 4.22. The van der Waals surface area contributed by atoms with Crippen molar-refractivity contribution in [3.05, 3.63) is 42.1 Å². The molecule has 112 valence electrons. The molecular weight excluding hydrogens is 260 g/mol. The zero-order valence-corrected chi connectivity index (χ0v) is 12.7. The predicted molar refractivity (Wildman–Crippen MR) is 86.3 cm³/mol. The minimum atomic E-state index is -0.681. The van der Waals surface area contributed by atoms with Gasteiger partial charge in [-0.1, -0.05) is 24.6 Å². The van der Waals surface area contributed by atoms with Gasteiger partial charge in [0.05, 0.1) is 11.1 Å². The first-order valence-corrected chi connectivity index (χ1v) is 7.92. The molecule has 1 aromatic heterocycles. The fraction of sp³-hybridized carbons (Fsp3) is 0.500. The molecule has 1 saturated heterocycles. The van der Waals surface area contributed by atoms with Crippen LogP contribution in [0.5, 0.6) is 0 Å². The Morgan fingerprint density at radius 3 is 2.95 bits per heavy atom. The van der Waals surface area contributed by atoms with Crippen LogP contribution in [-0.4, -0.2) is 28.3 Å². The first kappa shape index (κ1) is 14.5. The normalized spacial score (nSPS) is 22.1. The molecule has 2 atom stereocenters. The first-order valence-electron chi connectivity index (χ1n) is 7.92. The summed E-state index contributed by atoms with van der Waals surface area (Å²) in [4.78, 5) is 4.39. The van der Waals surface area contributed by atoms with Gasteiger partial charge in [0.1, 0.15) is 0 Å². The number of hydrogen-bond donors (Lipinski definition) is 2. The second kappa shape index (κ2) is 6.12. The number of rotatable bonds is 4. The standard InChI is InChI=1S/C18H24N2O/c1-18(21,13-15-6-4-5-10-19-15)12-14-9-11-20-17-8-3-2-7-16(14)17/h2-3,7-9,11,15,19,21H,4-6,10,12-13H2,1H3. The third kappa shape index (κ3) is 3.60. The lowest BCUT2D eigenvalue weighted by atomic mass is 9.86. The summed E-state index contributed by atoms with van der Waals surface area (Å²) >= 11 is 0. The molecule has 0 aliphatic carbocycles. The van der Waals surface area contributed by atoms with E-state index in [1.54, 1.807) is 0 Å². The van der Waals surface area contributed by atoms with Crippen LogP contribution in [0.4, 0.5) is 0 Å². The van der Waals surface area contributed by atoms with E-state index in [2.05, 4.69) is 16.4 Å². The van der Waals surface area contributed by atoms with Gasteiger partial charge in [0.25, 0.3) is 0 Å². The van der Waals surface area contributed by atoms with Crippen molar-refractivity contribution in [1.29, 1.82) is 0 Å². The van der Waals surface area contributed by atoms with Gasteiger partial charge in [-0.05, 0) is 50.4 Å². The molecule has 0 spiro atoms. The van der Waals surface area contributed by atoms with Crippen molar-refractivity contribution in [2.24, 2.45) is 0 Å². The Morgan fingerprint density at radius 1 is 1.29 bits per heavy atom. The maximum absolute atomic E-state index is 10.8. The highest BCUT2D eigenvalue weighted by Gasteiger charge is 2.27. The molecule has 0 saturated carbocycles. The smallest absolute Gasteiger partial charge is 0.0704 e. The van der Waals surface area contributed by atoms with Crippen molar-refractivity contribution in [1.82, 2.24) is 10.3 Å². The average Bonchev–Trinajstić information content (AvgIpc) is 2.48. The summed E-state index contributed by atoms with van der Waals surface area (Å²) in [6, 6.07) is 10.6. The van der Waals surface area contributed by atoms with E-state index in [1.807, 2.05) is 37.4 Å². The molecule has 1 fully saturated rings. The number of benzene rings is 1. The van der Waals surface area contributed by atoms with Crippen molar-refractivity contribution >= 4 is 10.9 Å². The Balaban J connectivity index is 1.76. The number of aliphatic hydroxyl groups is 1. The van der Waals surface area contributed by atoms with Gasteiger partial charge in [-0.2, -0.15) is 0 Å². The second-order valence-corrected chi connectivity index (χ2v) is 6.51. The second-order valence-electron chi connectivity index (χ2n) is 6.51. The quantitative estimate of drug-likeness (QED) is 0.907. The molecule has 3 rings (SSSR count). The van der Waals surface area contributed by atoms with E-state index in [1.165, 1.54) is 24.8 Å². The van der Waals surface area contributed by atoms with E-state index in [-0.39, 0.29) is 0 Å². The number of pyridine rings is 1. The van der Waals surface area contributed by atoms with Crippen molar-refractivity contribution in [2.75, 3.05) is 6.54 Å². The molecule has 0 bridgehead atoms. The monoisotopic (exact) mass is 284 g/mol. The zero-order valence-electron chi connectivity index (χ0n) is 12.7. The Morgan fingerprint density at radius 2 is 2.14 bits per heavy atom. The van der Waals surface area contributed by atoms with Gasteiger partial charge in [-0.3, -0.25) is 4.98 Å². The fourth-order valence-electron chi connectivity index (χ4n) is 3.42. The highest BCUT2D eigenvalue weighted by Crippen LogP contribution is 2.26. The van der Waals surface area contributed by atoms with Crippen LogP contribution in [0.25, 0.3) is 10.9 Å². The van der Waals surface area contributed by atoms with Crippen molar-refractivity contribution in [3.63, 3.8) is 0 Å². The van der Waals surface area contributed by atoms with Gasteiger partial charge in [-0.15, -0.1) is 0 Å². The van der Waals surface area contributed by atoms with Gasteiger partial charge in [0.15, 0.2) is 0 Å². The molecule has 2 N–H and O–H groups in total. The Bertz CT molecular complexity index is 598. The first-order chi connectivity index (χ1) is 10.1. The third-order valence-electron chi connectivity index (χ3n) is 4.41. The van der Waals surface area contributed by atoms with Gasteiger partial charge in [0.2, 0.25) is 0 Å². The van der Waals surface area contributed by atoms with Gasteiger partial charge in [0, 0.05) is 24.0 Å². The van der Waals surface area contributed by atoms with Crippen LogP contribution in [-0.2, 0) is 6.42 Å². The third-order valence-corrected chi connectivity index (χ3v) is 4.41. The maximum Gasteiger partial charge on any atom is 0.0704 e. The minimum Gasteiger partial charge on any atom is -0.390 e. The molecule has 1 aliphatic rings. The SMILES string of the molecule is CC(O)(Cc1ccnc2ccccc12)CC1CCCCN1. The number of nitrogens with zero attached hydrogens (tertiary/aromatic N) is 1. The molecule has 2 unspecified atom stereocenters. The van der Waals surface area contributed by atoms with Crippen LogP contribution < -0.4 is 5.32 Å². The fourth-order valence-corrected chi connectivity index (χ4v) is 3.42. The lowest BCUT2D eigenvalue weighted by Crippen LogP contribution is -2.41. The summed E-state index contributed by atoms with van der Waals surface area (Å²) in [5.74, 6) is 0. The van der Waals surface area contributed by atoms with Crippen molar-refractivity contribution < 1.29 is 5.11 Å². The number of piperidine rings is 1. The lowest BCUT2D eigenvalue weighted by molar-refractivity contribution is 0.0374. The van der Waals surface area contributed by atoms with E-state index in [0.717, 1.165) is 23.9 Å². The summed E-state index contributed by atoms with van der Waals surface area (Å²) in [5.41, 5.74) is 1.50. The molecule has 0 radical (unpaired) electrons. The molecule has 1 aromatic carbocycles. The topological polar surface area (TPSA) is 45.2 Å². The number of hydrogen-bond acceptors (Lipinski definition) is 3. The number of aromatic nitrogens is 1. The van der Waals surface area contributed by atoms with Crippen molar-refractivity contribution in [3.8, 4) is 0 Å². The predicted octanol–water partition coefficient (Wildman–Crippen LogP) is 3.06. The van der Waals surface area contributed by atoms with E-state index >= 15 is 0 Å². The molecule has 21 heavy (non-hydrogen) atoms. The number of nitrogens with one attached hydrogen (secondary N) is 1. The van der Waals surface area contributed by atoms with E-state index in [9.17, 15) is 5.11 Å². The summed E-state index contributed by atoms with van der Waals surface area (Å²) in [6.45, 7) is 3.04. The molecule has 0 amide bonds. The van der Waals surface area contributed by atoms with E-state index < -0.39 is 5.60 Å². The lowest BCUT2D eigenvalue weighted by Gasteiger charge is -2.32. The molecule has 3 nitrogen and oxygen atoms in total.